The molecule has 0 aliphatic heterocycles. The van der Waals surface area contributed by atoms with Gasteiger partial charge in [-0.1, -0.05) is 24.3 Å². The lowest BCUT2D eigenvalue weighted by molar-refractivity contribution is -0.145. The van der Waals surface area contributed by atoms with E-state index in [1.165, 1.54) is 22.7 Å². The van der Waals surface area contributed by atoms with Crippen molar-refractivity contribution in [1.29, 1.82) is 0 Å². The molecule has 0 N–H and O–H groups in total. The van der Waals surface area contributed by atoms with Crippen LogP contribution in [0.3, 0.4) is 0 Å². The van der Waals surface area contributed by atoms with Gasteiger partial charge in [0.15, 0.2) is 9.92 Å². The molecule has 162 valence electrons. The molecule has 0 aliphatic rings. The Bertz CT molecular complexity index is 1220. The lowest BCUT2D eigenvalue weighted by Gasteiger charge is -2.07. The van der Waals surface area contributed by atoms with Crippen molar-refractivity contribution >= 4 is 44.5 Å². The van der Waals surface area contributed by atoms with Crippen LogP contribution in [0.25, 0.3) is 9.92 Å². The van der Waals surface area contributed by atoms with E-state index >= 15 is 0 Å². The fraction of sp³-hybridized carbons (Fsp3) is 0.182. The van der Waals surface area contributed by atoms with E-state index in [1.54, 1.807) is 0 Å². The zero-order chi connectivity index (χ0) is 21.9. The predicted octanol–water partition coefficient (Wildman–Crippen LogP) is 3.68. The number of hydrogen-bond acceptors (Lipinski definition) is 8. The number of fused-ring (bicyclic) bond motifs is 2. The number of rotatable bonds is 8. The Morgan fingerprint density at radius 1 is 0.750 bits per heavy atom. The summed E-state index contributed by atoms with van der Waals surface area (Å²) in [5.41, 5.74) is 3.10. The van der Waals surface area contributed by atoms with E-state index in [4.69, 9.17) is 9.47 Å². The molecule has 5 aromatic rings. The van der Waals surface area contributed by atoms with Gasteiger partial charge in [-0.15, -0.1) is 22.7 Å². The number of nitrogens with zero attached hydrogens (tertiary/aromatic N) is 4. The first-order chi connectivity index (χ1) is 15.6. The summed E-state index contributed by atoms with van der Waals surface area (Å²) in [6.07, 6.45) is 7.74. The molecule has 0 saturated carbocycles. The minimum absolute atomic E-state index is 0.136. The number of thiazole rings is 2. The van der Waals surface area contributed by atoms with Crippen LogP contribution < -0.4 is 0 Å². The van der Waals surface area contributed by atoms with Crippen LogP contribution in [0.4, 0.5) is 0 Å². The highest BCUT2D eigenvalue weighted by Gasteiger charge is 2.11. The van der Waals surface area contributed by atoms with Crippen LogP contribution in [0.2, 0.25) is 0 Å². The van der Waals surface area contributed by atoms with Gasteiger partial charge in [0.1, 0.15) is 13.2 Å². The Hall–Kier alpha value is -3.50. The summed E-state index contributed by atoms with van der Waals surface area (Å²) in [6, 6.07) is 7.41. The fourth-order valence-electron chi connectivity index (χ4n) is 3.18. The van der Waals surface area contributed by atoms with Gasteiger partial charge in [0.05, 0.1) is 24.2 Å². The van der Waals surface area contributed by atoms with Crippen molar-refractivity contribution in [3.63, 3.8) is 0 Å². The first kappa shape index (κ1) is 20.4. The minimum atomic E-state index is -0.326. The second-order valence-corrected chi connectivity index (χ2v) is 8.89. The van der Waals surface area contributed by atoms with Crippen LogP contribution in [-0.4, -0.2) is 30.7 Å². The second-order valence-electron chi connectivity index (χ2n) is 7.14. The molecule has 32 heavy (non-hydrogen) atoms. The summed E-state index contributed by atoms with van der Waals surface area (Å²) in [6.45, 7) is 0.358. The van der Waals surface area contributed by atoms with Gasteiger partial charge < -0.3 is 9.47 Å². The van der Waals surface area contributed by atoms with Crippen LogP contribution in [0.5, 0.6) is 0 Å². The molecule has 0 atom stereocenters. The molecule has 4 aromatic heterocycles. The number of benzene rings is 1. The van der Waals surface area contributed by atoms with Crippen LogP contribution in [0.1, 0.15) is 22.5 Å². The van der Waals surface area contributed by atoms with Gasteiger partial charge >= 0.3 is 11.9 Å². The first-order valence-electron chi connectivity index (χ1n) is 9.83. The SMILES string of the molecule is O=C(Cc1cn2ccsc2n1)OCc1ccc(COC(=O)Cc2cn3ccsc3n2)cc1. The topological polar surface area (TPSA) is 87.2 Å². The Morgan fingerprint density at radius 2 is 1.19 bits per heavy atom. The lowest BCUT2D eigenvalue weighted by Crippen LogP contribution is -2.09. The van der Waals surface area contributed by atoms with E-state index in [9.17, 15) is 9.59 Å². The molecule has 0 unspecified atom stereocenters. The summed E-state index contributed by atoms with van der Waals surface area (Å²) < 4.78 is 14.5. The van der Waals surface area contributed by atoms with E-state index in [0.29, 0.717) is 11.4 Å². The summed E-state index contributed by atoms with van der Waals surface area (Å²) in [5, 5.41) is 3.88. The number of hydrogen-bond donors (Lipinski definition) is 0. The summed E-state index contributed by atoms with van der Waals surface area (Å²) >= 11 is 3.04. The van der Waals surface area contributed by atoms with Crippen molar-refractivity contribution in [2.75, 3.05) is 0 Å². The predicted molar refractivity (Wildman–Crippen MR) is 120 cm³/mol. The third kappa shape index (κ3) is 4.71. The molecule has 0 radical (unpaired) electrons. The summed E-state index contributed by atoms with van der Waals surface area (Å²) in [7, 11) is 0. The summed E-state index contributed by atoms with van der Waals surface area (Å²) in [4.78, 5) is 34.7. The van der Waals surface area contributed by atoms with Crippen LogP contribution >= 0.6 is 22.7 Å². The quantitative estimate of drug-likeness (QED) is 0.324. The average molecular weight is 467 g/mol. The van der Waals surface area contributed by atoms with Crippen LogP contribution in [0.15, 0.2) is 59.8 Å². The Kier molecular flexibility index (Phi) is 5.70. The zero-order valence-electron chi connectivity index (χ0n) is 16.8. The molecule has 1 aromatic carbocycles. The van der Waals surface area contributed by atoms with Gasteiger partial charge in [-0.25, -0.2) is 9.97 Å². The molecule has 10 heteroatoms. The molecule has 4 heterocycles. The molecule has 8 nitrogen and oxygen atoms in total. The standard InChI is InChI=1S/C22H18N4O4S2/c27-19(9-17-11-25-5-7-31-21(25)23-17)29-13-15-1-2-16(4-3-15)14-30-20(28)10-18-12-26-6-8-32-22(26)24-18/h1-8,11-12H,9-10,13-14H2. The smallest absolute Gasteiger partial charge is 0.312 e. The fourth-order valence-corrected chi connectivity index (χ4v) is 4.62. The average Bonchev–Trinajstić information content (AvgIpc) is 3.53. The van der Waals surface area contributed by atoms with Crippen molar-refractivity contribution in [3.05, 3.63) is 82.3 Å². The van der Waals surface area contributed by atoms with E-state index in [2.05, 4.69) is 9.97 Å². The minimum Gasteiger partial charge on any atom is -0.461 e. The highest BCUT2D eigenvalue weighted by molar-refractivity contribution is 7.15. The monoisotopic (exact) mass is 466 g/mol. The number of imidazole rings is 2. The Balaban J connectivity index is 1.06. The van der Waals surface area contributed by atoms with Gasteiger partial charge in [-0.3, -0.25) is 18.4 Å². The molecule has 0 amide bonds. The van der Waals surface area contributed by atoms with Gasteiger partial charge in [0.2, 0.25) is 0 Å². The number of esters is 2. The van der Waals surface area contributed by atoms with E-state index in [0.717, 1.165) is 21.0 Å². The molecule has 5 rings (SSSR count). The zero-order valence-corrected chi connectivity index (χ0v) is 18.5. The van der Waals surface area contributed by atoms with Crippen molar-refractivity contribution in [1.82, 2.24) is 18.8 Å². The van der Waals surface area contributed by atoms with E-state index in [-0.39, 0.29) is 38.0 Å². The Morgan fingerprint density at radius 3 is 1.59 bits per heavy atom. The van der Waals surface area contributed by atoms with Crippen molar-refractivity contribution in [2.45, 2.75) is 26.1 Å². The molecule has 0 bridgehead atoms. The van der Waals surface area contributed by atoms with E-state index < -0.39 is 0 Å². The summed E-state index contributed by atoms with van der Waals surface area (Å²) in [5.74, 6) is -0.652. The largest absolute Gasteiger partial charge is 0.461 e. The molecule has 0 spiro atoms. The molecule has 0 fully saturated rings. The maximum Gasteiger partial charge on any atom is 0.312 e. The van der Waals surface area contributed by atoms with Crippen LogP contribution in [-0.2, 0) is 45.1 Å². The highest BCUT2D eigenvalue weighted by Crippen LogP contribution is 2.14. The maximum absolute atomic E-state index is 12.1. The lowest BCUT2D eigenvalue weighted by atomic mass is 10.1. The van der Waals surface area contributed by atoms with E-state index in [1.807, 2.05) is 68.6 Å². The highest BCUT2D eigenvalue weighted by atomic mass is 32.1. The van der Waals surface area contributed by atoms with Crippen molar-refractivity contribution in [2.24, 2.45) is 0 Å². The van der Waals surface area contributed by atoms with Crippen LogP contribution in [0, 0.1) is 0 Å². The molecule has 0 saturated heterocycles. The maximum atomic E-state index is 12.1. The molecular weight excluding hydrogens is 448 g/mol. The Labute approximate surface area is 190 Å². The van der Waals surface area contributed by atoms with Gasteiger partial charge in [-0.2, -0.15) is 0 Å². The normalized spacial score (nSPS) is 11.2. The van der Waals surface area contributed by atoms with Crippen molar-refractivity contribution in [3.8, 4) is 0 Å². The first-order valence-corrected chi connectivity index (χ1v) is 11.6. The van der Waals surface area contributed by atoms with Gasteiger partial charge in [0.25, 0.3) is 0 Å². The molecular formula is C22H18N4O4S2. The number of ether oxygens (including phenoxy) is 2. The second kappa shape index (κ2) is 8.93. The third-order valence-corrected chi connectivity index (χ3v) is 6.30. The number of carbonyl (C=O) groups is 2. The molecule has 0 aliphatic carbocycles. The third-order valence-electron chi connectivity index (χ3n) is 4.76. The van der Waals surface area contributed by atoms with Gasteiger partial charge in [-0.05, 0) is 11.1 Å². The van der Waals surface area contributed by atoms with Crippen molar-refractivity contribution < 1.29 is 19.1 Å². The number of aromatic nitrogens is 4. The number of carbonyl (C=O) groups excluding carboxylic acids is 2. The van der Waals surface area contributed by atoms with Gasteiger partial charge in [0, 0.05) is 35.5 Å².